The van der Waals surface area contributed by atoms with Crippen LogP contribution in [0.5, 0.6) is 0 Å². The van der Waals surface area contributed by atoms with Crippen LogP contribution in [0.4, 0.5) is 5.82 Å². The molecule has 98 valence electrons. The highest BCUT2D eigenvalue weighted by Crippen LogP contribution is 2.31. The first-order valence-electron chi connectivity index (χ1n) is 6.60. The second kappa shape index (κ2) is 5.38. The quantitative estimate of drug-likeness (QED) is 0.862. The Bertz CT molecular complexity index is 416. The standard InChI is InChI=1S/C14H21N3O/c1-9-4-3-5-12(10(9)2)17-13-7-6-11(8-16-13)14(15)18/h6-10,12H,3-5H2,1-2H3,(H2,15,18)(H,16,17). The maximum atomic E-state index is 11.0. The van der Waals surface area contributed by atoms with Crippen LogP contribution in [0.3, 0.4) is 0 Å². The first-order valence-corrected chi connectivity index (χ1v) is 6.60. The van der Waals surface area contributed by atoms with Crippen molar-refractivity contribution in [3.63, 3.8) is 0 Å². The Kier molecular flexibility index (Phi) is 3.84. The van der Waals surface area contributed by atoms with E-state index in [2.05, 4.69) is 24.1 Å². The van der Waals surface area contributed by atoms with Crippen LogP contribution >= 0.6 is 0 Å². The van der Waals surface area contributed by atoms with Crippen molar-refractivity contribution in [2.45, 2.75) is 39.2 Å². The monoisotopic (exact) mass is 247 g/mol. The lowest BCUT2D eigenvalue weighted by Gasteiger charge is -2.34. The maximum Gasteiger partial charge on any atom is 0.250 e. The predicted octanol–water partition coefficient (Wildman–Crippen LogP) is 2.42. The van der Waals surface area contributed by atoms with Crippen LogP contribution in [0.1, 0.15) is 43.5 Å². The Balaban J connectivity index is 2.02. The SMILES string of the molecule is CC1CCCC(Nc2ccc(C(N)=O)cn2)C1C. The van der Waals surface area contributed by atoms with Crippen molar-refractivity contribution >= 4 is 11.7 Å². The van der Waals surface area contributed by atoms with E-state index in [1.54, 1.807) is 6.07 Å². The summed E-state index contributed by atoms with van der Waals surface area (Å²) in [5.74, 6) is 1.79. The molecule has 1 heterocycles. The van der Waals surface area contributed by atoms with Gasteiger partial charge in [0.25, 0.3) is 0 Å². The number of hydrogen-bond donors (Lipinski definition) is 2. The summed E-state index contributed by atoms with van der Waals surface area (Å²) in [6, 6.07) is 4.02. The van der Waals surface area contributed by atoms with Gasteiger partial charge in [-0.2, -0.15) is 0 Å². The molecular weight excluding hydrogens is 226 g/mol. The van der Waals surface area contributed by atoms with Crippen LogP contribution in [0.2, 0.25) is 0 Å². The zero-order valence-electron chi connectivity index (χ0n) is 11.0. The average molecular weight is 247 g/mol. The third kappa shape index (κ3) is 2.81. The fraction of sp³-hybridized carbons (Fsp3) is 0.571. The molecule has 1 fully saturated rings. The molecule has 1 aromatic rings. The van der Waals surface area contributed by atoms with E-state index in [1.165, 1.54) is 25.5 Å². The zero-order chi connectivity index (χ0) is 13.1. The number of anilines is 1. The van der Waals surface area contributed by atoms with E-state index in [1.807, 2.05) is 6.07 Å². The van der Waals surface area contributed by atoms with E-state index >= 15 is 0 Å². The number of primary amides is 1. The van der Waals surface area contributed by atoms with Crippen molar-refractivity contribution in [3.8, 4) is 0 Å². The molecule has 4 heteroatoms. The second-order valence-electron chi connectivity index (χ2n) is 5.31. The Labute approximate surface area is 108 Å². The number of pyridine rings is 1. The van der Waals surface area contributed by atoms with E-state index in [0.29, 0.717) is 17.5 Å². The molecule has 2 rings (SSSR count). The minimum atomic E-state index is -0.436. The molecule has 18 heavy (non-hydrogen) atoms. The van der Waals surface area contributed by atoms with Crippen molar-refractivity contribution in [1.82, 2.24) is 4.98 Å². The lowest BCUT2D eigenvalue weighted by molar-refractivity contribution is 0.1000. The lowest BCUT2D eigenvalue weighted by atomic mass is 9.78. The summed E-state index contributed by atoms with van der Waals surface area (Å²) in [7, 11) is 0. The van der Waals surface area contributed by atoms with Gasteiger partial charge in [0.15, 0.2) is 0 Å². The third-order valence-corrected chi connectivity index (χ3v) is 4.09. The number of hydrogen-bond acceptors (Lipinski definition) is 3. The largest absolute Gasteiger partial charge is 0.367 e. The summed E-state index contributed by atoms with van der Waals surface area (Å²) in [4.78, 5) is 15.2. The highest BCUT2D eigenvalue weighted by atomic mass is 16.1. The van der Waals surface area contributed by atoms with Crippen molar-refractivity contribution < 1.29 is 4.79 Å². The van der Waals surface area contributed by atoms with Gasteiger partial charge in [0.2, 0.25) is 5.91 Å². The molecule has 0 radical (unpaired) electrons. The van der Waals surface area contributed by atoms with Crippen molar-refractivity contribution in [2.75, 3.05) is 5.32 Å². The van der Waals surface area contributed by atoms with E-state index in [4.69, 9.17) is 5.73 Å². The second-order valence-corrected chi connectivity index (χ2v) is 5.31. The van der Waals surface area contributed by atoms with Crippen LogP contribution in [0.25, 0.3) is 0 Å². The molecule has 0 aromatic carbocycles. The van der Waals surface area contributed by atoms with Crippen molar-refractivity contribution in [2.24, 2.45) is 17.6 Å². The molecular formula is C14H21N3O. The van der Waals surface area contributed by atoms with Crippen LogP contribution in [-0.2, 0) is 0 Å². The smallest absolute Gasteiger partial charge is 0.250 e. The van der Waals surface area contributed by atoms with Gasteiger partial charge >= 0.3 is 0 Å². The normalized spacial score (nSPS) is 27.8. The van der Waals surface area contributed by atoms with Gasteiger partial charge in [-0.05, 0) is 30.4 Å². The Hall–Kier alpha value is -1.58. The van der Waals surface area contributed by atoms with Crippen LogP contribution in [0.15, 0.2) is 18.3 Å². The van der Waals surface area contributed by atoms with Gasteiger partial charge in [0.1, 0.15) is 5.82 Å². The summed E-state index contributed by atoms with van der Waals surface area (Å²) in [5.41, 5.74) is 5.64. The predicted molar refractivity (Wildman–Crippen MR) is 72.3 cm³/mol. The number of nitrogens with one attached hydrogen (secondary N) is 1. The molecule has 3 atom stereocenters. The van der Waals surface area contributed by atoms with Crippen LogP contribution in [0, 0.1) is 11.8 Å². The van der Waals surface area contributed by atoms with E-state index in [0.717, 1.165) is 11.7 Å². The minimum absolute atomic E-state index is 0.436. The van der Waals surface area contributed by atoms with Gasteiger partial charge in [0, 0.05) is 12.2 Å². The Morgan fingerprint density at radius 3 is 2.78 bits per heavy atom. The summed E-state index contributed by atoms with van der Waals surface area (Å²) in [5, 5.41) is 3.46. The molecule has 0 saturated heterocycles. The van der Waals surface area contributed by atoms with Gasteiger partial charge in [0.05, 0.1) is 5.56 Å². The minimum Gasteiger partial charge on any atom is -0.367 e. The summed E-state index contributed by atoms with van der Waals surface area (Å²) < 4.78 is 0. The molecule has 3 unspecified atom stereocenters. The molecule has 1 saturated carbocycles. The molecule has 0 spiro atoms. The number of nitrogens with zero attached hydrogens (tertiary/aromatic N) is 1. The molecule has 1 aliphatic rings. The molecule has 1 aromatic heterocycles. The number of carbonyl (C=O) groups excluding carboxylic acids is 1. The number of rotatable bonds is 3. The number of aromatic nitrogens is 1. The summed E-state index contributed by atoms with van der Waals surface area (Å²) in [6.45, 7) is 4.60. The fourth-order valence-corrected chi connectivity index (χ4v) is 2.60. The van der Waals surface area contributed by atoms with Crippen molar-refractivity contribution in [3.05, 3.63) is 23.9 Å². The van der Waals surface area contributed by atoms with Crippen LogP contribution in [-0.4, -0.2) is 16.9 Å². The summed E-state index contributed by atoms with van der Waals surface area (Å²) >= 11 is 0. The first-order chi connectivity index (χ1) is 8.58. The zero-order valence-corrected chi connectivity index (χ0v) is 11.0. The van der Waals surface area contributed by atoms with Gasteiger partial charge in [-0.1, -0.05) is 26.7 Å². The highest BCUT2D eigenvalue weighted by Gasteiger charge is 2.26. The van der Waals surface area contributed by atoms with Gasteiger partial charge in [-0.15, -0.1) is 0 Å². The third-order valence-electron chi connectivity index (χ3n) is 4.09. The molecule has 1 amide bonds. The molecule has 4 nitrogen and oxygen atoms in total. The molecule has 3 N–H and O–H groups in total. The first kappa shape index (κ1) is 12.9. The average Bonchev–Trinajstić information content (AvgIpc) is 2.36. The molecule has 0 aliphatic heterocycles. The van der Waals surface area contributed by atoms with E-state index in [-0.39, 0.29) is 0 Å². The van der Waals surface area contributed by atoms with E-state index in [9.17, 15) is 4.79 Å². The number of nitrogens with two attached hydrogens (primary N) is 1. The summed E-state index contributed by atoms with van der Waals surface area (Å²) in [6.07, 6.45) is 5.29. The van der Waals surface area contributed by atoms with E-state index < -0.39 is 5.91 Å². The van der Waals surface area contributed by atoms with Crippen LogP contribution < -0.4 is 11.1 Å². The molecule has 1 aliphatic carbocycles. The number of amides is 1. The topological polar surface area (TPSA) is 68.0 Å². The number of carbonyl (C=O) groups is 1. The van der Waals surface area contributed by atoms with Gasteiger partial charge in [-0.3, -0.25) is 4.79 Å². The molecule has 0 bridgehead atoms. The Morgan fingerprint density at radius 2 is 2.17 bits per heavy atom. The van der Waals surface area contributed by atoms with Gasteiger partial charge < -0.3 is 11.1 Å². The lowest BCUT2D eigenvalue weighted by Crippen LogP contribution is -2.35. The fourth-order valence-electron chi connectivity index (χ4n) is 2.60. The maximum absolute atomic E-state index is 11.0. The highest BCUT2D eigenvalue weighted by molar-refractivity contribution is 5.92. The van der Waals surface area contributed by atoms with Gasteiger partial charge in [-0.25, -0.2) is 4.98 Å². The van der Waals surface area contributed by atoms with Crippen molar-refractivity contribution in [1.29, 1.82) is 0 Å². The Morgan fingerprint density at radius 1 is 1.39 bits per heavy atom.